The minimum Gasteiger partial charge on any atom is -0.395 e. The van der Waals surface area contributed by atoms with Crippen LogP contribution in [0.15, 0.2) is 24.3 Å². The summed E-state index contributed by atoms with van der Waals surface area (Å²) in [5.74, 6) is 0. The highest BCUT2D eigenvalue weighted by Crippen LogP contribution is 2.10. The normalized spacial score (nSPS) is 9.61. The largest absolute Gasteiger partial charge is 0.395 e. The van der Waals surface area contributed by atoms with Gasteiger partial charge >= 0.3 is 6.03 Å². The first-order chi connectivity index (χ1) is 8.71. The maximum Gasteiger partial charge on any atom is 0.321 e. The van der Waals surface area contributed by atoms with E-state index in [4.69, 9.17) is 10.4 Å². The van der Waals surface area contributed by atoms with E-state index in [1.54, 1.807) is 29.2 Å². The first kappa shape index (κ1) is 14.0. The Bertz CT molecular complexity index is 434. The number of carbonyl (C=O) groups excluding carboxylic acids is 1. The molecule has 0 saturated carbocycles. The molecule has 5 heteroatoms. The summed E-state index contributed by atoms with van der Waals surface area (Å²) in [6.07, 6.45) is 0.825. The van der Waals surface area contributed by atoms with Crippen molar-refractivity contribution in [3.63, 3.8) is 0 Å². The standard InChI is InChI=1S/C13H17N3O2/c1-2-6-16(7-8-17)13(18)15-12-5-3-4-11(9-12)10-14/h3-5,9,17H,2,6-8H2,1H3,(H,15,18). The number of urea groups is 1. The molecule has 0 aromatic heterocycles. The van der Waals surface area contributed by atoms with Crippen LogP contribution in [0.5, 0.6) is 0 Å². The van der Waals surface area contributed by atoms with Crippen LogP contribution in [0, 0.1) is 11.3 Å². The lowest BCUT2D eigenvalue weighted by atomic mass is 10.2. The van der Waals surface area contributed by atoms with Crippen LogP contribution in [0.3, 0.4) is 0 Å². The van der Waals surface area contributed by atoms with Crippen LogP contribution in [0.4, 0.5) is 10.5 Å². The van der Waals surface area contributed by atoms with Crippen molar-refractivity contribution in [2.45, 2.75) is 13.3 Å². The molecule has 0 aliphatic heterocycles. The highest BCUT2D eigenvalue weighted by molar-refractivity contribution is 5.89. The van der Waals surface area contributed by atoms with Crippen molar-refractivity contribution >= 4 is 11.7 Å². The Labute approximate surface area is 107 Å². The van der Waals surface area contributed by atoms with E-state index in [0.29, 0.717) is 24.3 Å². The summed E-state index contributed by atoms with van der Waals surface area (Å²) in [6, 6.07) is 8.47. The van der Waals surface area contributed by atoms with Crippen molar-refractivity contribution in [1.82, 2.24) is 4.90 Å². The molecule has 0 spiro atoms. The fraction of sp³-hybridized carbons (Fsp3) is 0.385. The summed E-state index contributed by atoms with van der Waals surface area (Å²) >= 11 is 0. The molecular formula is C13H17N3O2. The lowest BCUT2D eigenvalue weighted by Crippen LogP contribution is -2.37. The second-order valence-electron chi connectivity index (χ2n) is 3.83. The lowest BCUT2D eigenvalue weighted by molar-refractivity contribution is 0.188. The molecule has 0 radical (unpaired) electrons. The number of nitriles is 1. The number of aliphatic hydroxyl groups excluding tert-OH is 1. The summed E-state index contributed by atoms with van der Waals surface area (Å²) in [7, 11) is 0. The van der Waals surface area contributed by atoms with Crippen LogP contribution in [-0.2, 0) is 0 Å². The zero-order chi connectivity index (χ0) is 13.4. The van der Waals surface area contributed by atoms with Crippen molar-refractivity contribution in [1.29, 1.82) is 5.26 Å². The molecule has 0 heterocycles. The van der Waals surface area contributed by atoms with Gasteiger partial charge in [-0.15, -0.1) is 0 Å². The number of nitrogens with zero attached hydrogens (tertiary/aromatic N) is 2. The average Bonchev–Trinajstić information content (AvgIpc) is 2.38. The van der Waals surface area contributed by atoms with Gasteiger partial charge in [0, 0.05) is 18.8 Å². The fourth-order valence-corrected chi connectivity index (χ4v) is 1.57. The van der Waals surface area contributed by atoms with Gasteiger partial charge in [0.1, 0.15) is 0 Å². The molecule has 0 aliphatic carbocycles. The van der Waals surface area contributed by atoms with Crippen molar-refractivity contribution in [3.05, 3.63) is 29.8 Å². The summed E-state index contributed by atoms with van der Waals surface area (Å²) in [6.45, 7) is 2.79. The number of amides is 2. The third-order valence-corrected chi connectivity index (χ3v) is 2.39. The summed E-state index contributed by atoms with van der Waals surface area (Å²) in [5.41, 5.74) is 1.08. The van der Waals surface area contributed by atoms with Gasteiger partial charge in [0.25, 0.3) is 0 Å². The number of benzene rings is 1. The van der Waals surface area contributed by atoms with Crippen molar-refractivity contribution in [2.75, 3.05) is 25.0 Å². The smallest absolute Gasteiger partial charge is 0.321 e. The molecule has 1 aromatic carbocycles. The molecule has 0 unspecified atom stereocenters. The van der Waals surface area contributed by atoms with E-state index in [9.17, 15) is 4.79 Å². The molecule has 0 fully saturated rings. The highest BCUT2D eigenvalue weighted by Gasteiger charge is 2.11. The first-order valence-electron chi connectivity index (χ1n) is 5.88. The van der Waals surface area contributed by atoms with Crippen LogP contribution < -0.4 is 5.32 Å². The molecule has 5 nitrogen and oxygen atoms in total. The van der Waals surface area contributed by atoms with Crippen molar-refractivity contribution in [3.8, 4) is 6.07 Å². The van der Waals surface area contributed by atoms with Crippen molar-refractivity contribution < 1.29 is 9.90 Å². The van der Waals surface area contributed by atoms with Gasteiger partial charge in [0.15, 0.2) is 0 Å². The van der Waals surface area contributed by atoms with Crippen LogP contribution in [0.2, 0.25) is 0 Å². The van der Waals surface area contributed by atoms with Gasteiger partial charge < -0.3 is 15.3 Å². The Balaban J connectivity index is 2.69. The third kappa shape index (κ3) is 4.07. The Morgan fingerprint density at radius 1 is 1.50 bits per heavy atom. The van der Waals surface area contributed by atoms with Crippen LogP contribution in [0.25, 0.3) is 0 Å². The second kappa shape index (κ2) is 7.30. The molecule has 2 N–H and O–H groups in total. The first-order valence-corrected chi connectivity index (χ1v) is 5.88. The maximum atomic E-state index is 11.9. The van der Waals surface area contributed by atoms with Gasteiger partial charge in [-0.05, 0) is 24.6 Å². The zero-order valence-electron chi connectivity index (χ0n) is 10.4. The van der Waals surface area contributed by atoms with E-state index in [2.05, 4.69) is 5.32 Å². The highest BCUT2D eigenvalue weighted by atomic mass is 16.3. The van der Waals surface area contributed by atoms with Crippen LogP contribution >= 0.6 is 0 Å². The van der Waals surface area contributed by atoms with Gasteiger partial charge in [-0.1, -0.05) is 13.0 Å². The van der Waals surface area contributed by atoms with Crippen LogP contribution in [0.1, 0.15) is 18.9 Å². The number of hydrogen-bond donors (Lipinski definition) is 2. The Hall–Kier alpha value is -2.06. The second-order valence-corrected chi connectivity index (χ2v) is 3.83. The molecule has 96 valence electrons. The number of aliphatic hydroxyl groups is 1. The number of nitrogens with one attached hydrogen (secondary N) is 1. The molecule has 0 saturated heterocycles. The van der Waals surface area contributed by atoms with E-state index in [-0.39, 0.29) is 12.6 Å². The quantitative estimate of drug-likeness (QED) is 0.832. The summed E-state index contributed by atoms with van der Waals surface area (Å²) in [5, 5.41) is 20.4. The molecule has 1 rings (SSSR count). The monoisotopic (exact) mass is 247 g/mol. The maximum absolute atomic E-state index is 11.9. The van der Waals surface area contributed by atoms with E-state index in [1.807, 2.05) is 13.0 Å². The predicted molar refractivity (Wildman–Crippen MR) is 69.1 cm³/mol. The molecule has 0 aliphatic rings. The molecule has 1 aromatic rings. The third-order valence-electron chi connectivity index (χ3n) is 2.39. The number of rotatable bonds is 5. The summed E-state index contributed by atoms with van der Waals surface area (Å²) < 4.78 is 0. The molecular weight excluding hydrogens is 230 g/mol. The molecule has 0 bridgehead atoms. The van der Waals surface area contributed by atoms with E-state index >= 15 is 0 Å². The Kier molecular flexibility index (Phi) is 5.68. The molecule has 18 heavy (non-hydrogen) atoms. The molecule has 0 atom stereocenters. The fourth-order valence-electron chi connectivity index (χ4n) is 1.57. The van der Waals surface area contributed by atoms with Crippen molar-refractivity contribution in [2.24, 2.45) is 0 Å². The topological polar surface area (TPSA) is 76.4 Å². The predicted octanol–water partition coefficient (Wildman–Crippen LogP) is 1.79. The minimum absolute atomic E-state index is 0.0638. The number of carbonyl (C=O) groups is 1. The minimum atomic E-state index is -0.263. The SMILES string of the molecule is CCCN(CCO)C(=O)Nc1cccc(C#N)c1. The average molecular weight is 247 g/mol. The van der Waals surface area contributed by atoms with Gasteiger partial charge in [-0.25, -0.2) is 4.79 Å². The van der Waals surface area contributed by atoms with E-state index in [0.717, 1.165) is 6.42 Å². The van der Waals surface area contributed by atoms with E-state index in [1.165, 1.54) is 0 Å². The number of anilines is 1. The zero-order valence-corrected chi connectivity index (χ0v) is 10.4. The van der Waals surface area contributed by atoms with Gasteiger partial charge in [0.05, 0.1) is 18.2 Å². The Morgan fingerprint density at radius 3 is 2.89 bits per heavy atom. The van der Waals surface area contributed by atoms with Crippen LogP contribution in [-0.4, -0.2) is 35.7 Å². The number of hydrogen-bond acceptors (Lipinski definition) is 3. The van der Waals surface area contributed by atoms with Gasteiger partial charge in [0.2, 0.25) is 0 Å². The molecule has 2 amide bonds. The Morgan fingerprint density at radius 2 is 2.28 bits per heavy atom. The van der Waals surface area contributed by atoms with E-state index < -0.39 is 0 Å². The van der Waals surface area contributed by atoms with Gasteiger partial charge in [-0.3, -0.25) is 0 Å². The summed E-state index contributed by atoms with van der Waals surface area (Å²) in [4.78, 5) is 13.5. The lowest BCUT2D eigenvalue weighted by Gasteiger charge is -2.21. The van der Waals surface area contributed by atoms with Gasteiger partial charge in [-0.2, -0.15) is 5.26 Å².